The Balaban J connectivity index is 1.70. The van der Waals surface area contributed by atoms with Gasteiger partial charge in [-0.1, -0.05) is 6.07 Å². The largest absolute Gasteiger partial charge is 0.453 e. The molecule has 0 fully saturated rings. The third-order valence-electron chi connectivity index (χ3n) is 4.23. The van der Waals surface area contributed by atoms with E-state index in [4.69, 9.17) is 4.74 Å². The van der Waals surface area contributed by atoms with Crippen LogP contribution in [0.25, 0.3) is 10.9 Å². The van der Waals surface area contributed by atoms with Gasteiger partial charge in [-0.3, -0.25) is 9.59 Å². The molecule has 28 heavy (non-hydrogen) atoms. The Morgan fingerprint density at radius 2 is 1.86 bits per heavy atom. The predicted molar refractivity (Wildman–Crippen MR) is 103 cm³/mol. The lowest BCUT2D eigenvalue weighted by Crippen LogP contribution is -2.16. The molecule has 0 spiro atoms. The third kappa shape index (κ3) is 4.09. The number of nitrogens with one attached hydrogen (secondary N) is 2. The summed E-state index contributed by atoms with van der Waals surface area (Å²) in [5.41, 5.74) is 3.11. The quantitative estimate of drug-likeness (QED) is 0.517. The van der Waals surface area contributed by atoms with Gasteiger partial charge in [0.1, 0.15) is 11.5 Å². The molecule has 144 valence electrons. The van der Waals surface area contributed by atoms with Crippen molar-refractivity contribution in [1.82, 2.24) is 4.98 Å². The number of rotatable bonds is 5. The second-order valence-corrected chi connectivity index (χ2v) is 6.60. The molecular formula is C21H19FN2O4. The number of Topliss-reactive ketones (excluding diaryl/α,β-unsaturated/α-hetero) is 1. The molecule has 2 N–H and O–H groups in total. The van der Waals surface area contributed by atoms with Crippen LogP contribution < -0.4 is 5.32 Å². The predicted octanol–water partition coefficient (Wildman–Crippen LogP) is 3.92. The fourth-order valence-corrected chi connectivity index (χ4v) is 3.02. The highest BCUT2D eigenvalue weighted by Crippen LogP contribution is 2.22. The van der Waals surface area contributed by atoms with Crippen LogP contribution in [0.1, 0.15) is 38.9 Å². The van der Waals surface area contributed by atoms with Gasteiger partial charge in [0.15, 0.2) is 6.61 Å². The smallest absolute Gasteiger partial charge is 0.355 e. The minimum absolute atomic E-state index is 0.218. The second-order valence-electron chi connectivity index (χ2n) is 6.60. The monoisotopic (exact) mass is 382 g/mol. The van der Waals surface area contributed by atoms with Gasteiger partial charge in [-0.25, -0.2) is 9.18 Å². The number of carbonyl (C=O) groups is 3. The molecule has 3 aromatic rings. The van der Waals surface area contributed by atoms with E-state index in [2.05, 4.69) is 10.3 Å². The number of anilines is 1. The number of ether oxygens (including phenoxy) is 1. The maximum absolute atomic E-state index is 14.1. The molecule has 0 radical (unpaired) electrons. The van der Waals surface area contributed by atoms with E-state index in [9.17, 15) is 18.8 Å². The lowest BCUT2D eigenvalue weighted by molar-refractivity contribution is -0.114. The number of H-pyrrole nitrogens is 1. The lowest BCUT2D eigenvalue weighted by Gasteiger charge is -2.07. The molecule has 0 saturated heterocycles. The first-order valence-electron chi connectivity index (χ1n) is 8.62. The van der Waals surface area contributed by atoms with Crippen LogP contribution in [0.2, 0.25) is 0 Å². The van der Waals surface area contributed by atoms with Gasteiger partial charge < -0.3 is 15.0 Å². The average Bonchev–Trinajstić information content (AvgIpc) is 3.03. The highest BCUT2D eigenvalue weighted by atomic mass is 19.1. The zero-order valence-corrected chi connectivity index (χ0v) is 15.7. The van der Waals surface area contributed by atoms with Crippen LogP contribution in [0.5, 0.6) is 0 Å². The van der Waals surface area contributed by atoms with Crippen LogP contribution in [0.4, 0.5) is 10.1 Å². The van der Waals surface area contributed by atoms with Gasteiger partial charge >= 0.3 is 5.97 Å². The third-order valence-corrected chi connectivity index (χ3v) is 4.23. The van der Waals surface area contributed by atoms with Gasteiger partial charge in [-0.2, -0.15) is 0 Å². The standard InChI is InChI=1S/C21H19FN2O4/c1-11-6-12(2)16-9-19(24-18(16)7-11)21(27)28-10-20(26)15-5-4-14(8-17(15)22)23-13(3)25/h4-9,24H,10H2,1-3H3,(H,23,25). The maximum Gasteiger partial charge on any atom is 0.355 e. The van der Waals surface area contributed by atoms with Crippen molar-refractivity contribution in [2.45, 2.75) is 20.8 Å². The average molecular weight is 382 g/mol. The van der Waals surface area contributed by atoms with Crippen LogP contribution in [0.15, 0.2) is 36.4 Å². The minimum atomic E-state index is -0.802. The highest BCUT2D eigenvalue weighted by Gasteiger charge is 2.17. The summed E-state index contributed by atoms with van der Waals surface area (Å²) in [6.45, 7) is 4.59. The number of aryl methyl sites for hydroxylation is 2. The first-order chi connectivity index (χ1) is 13.2. The lowest BCUT2D eigenvalue weighted by atomic mass is 10.1. The number of fused-ring (bicyclic) bond motifs is 1. The molecule has 3 rings (SSSR count). The molecular weight excluding hydrogens is 363 g/mol. The van der Waals surface area contributed by atoms with Crippen molar-refractivity contribution in [3.8, 4) is 0 Å². The van der Waals surface area contributed by atoms with Crippen LogP contribution in [0.3, 0.4) is 0 Å². The van der Waals surface area contributed by atoms with Crippen molar-refractivity contribution in [3.05, 3.63) is 64.6 Å². The van der Waals surface area contributed by atoms with Gasteiger partial charge in [0, 0.05) is 23.5 Å². The van der Waals surface area contributed by atoms with E-state index in [1.807, 2.05) is 26.0 Å². The van der Waals surface area contributed by atoms with E-state index in [0.717, 1.165) is 28.1 Å². The molecule has 0 atom stereocenters. The first kappa shape index (κ1) is 19.3. The van der Waals surface area contributed by atoms with E-state index in [1.165, 1.54) is 19.1 Å². The molecule has 0 saturated carbocycles. The van der Waals surface area contributed by atoms with Crippen LogP contribution >= 0.6 is 0 Å². The van der Waals surface area contributed by atoms with Crippen molar-refractivity contribution < 1.29 is 23.5 Å². The van der Waals surface area contributed by atoms with Crippen LogP contribution in [-0.2, 0) is 9.53 Å². The summed E-state index contributed by atoms with van der Waals surface area (Å²) in [6.07, 6.45) is 0. The molecule has 0 aliphatic heterocycles. The van der Waals surface area contributed by atoms with Gasteiger partial charge in [0.25, 0.3) is 0 Å². The topological polar surface area (TPSA) is 88.3 Å². The first-order valence-corrected chi connectivity index (χ1v) is 8.62. The van der Waals surface area contributed by atoms with E-state index in [1.54, 1.807) is 6.07 Å². The van der Waals surface area contributed by atoms with E-state index >= 15 is 0 Å². The molecule has 7 heteroatoms. The number of halogens is 1. The van der Waals surface area contributed by atoms with E-state index < -0.39 is 24.2 Å². The van der Waals surface area contributed by atoms with Crippen molar-refractivity contribution >= 4 is 34.3 Å². The molecule has 1 heterocycles. The number of hydrogen-bond donors (Lipinski definition) is 2. The van der Waals surface area contributed by atoms with E-state index in [-0.39, 0.29) is 22.9 Å². The Morgan fingerprint density at radius 3 is 2.54 bits per heavy atom. The molecule has 0 aliphatic carbocycles. The molecule has 6 nitrogen and oxygen atoms in total. The van der Waals surface area contributed by atoms with Crippen LogP contribution in [0, 0.1) is 19.7 Å². The number of carbonyl (C=O) groups excluding carboxylic acids is 3. The molecule has 0 bridgehead atoms. The molecule has 2 aromatic carbocycles. The normalized spacial score (nSPS) is 10.7. The maximum atomic E-state index is 14.1. The summed E-state index contributed by atoms with van der Waals surface area (Å²) in [7, 11) is 0. The number of benzene rings is 2. The summed E-state index contributed by atoms with van der Waals surface area (Å²) in [6, 6.07) is 9.27. The summed E-state index contributed by atoms with van der Waals surface area (Å²) >= 11 is 0. The van der Waals surface area contributed by atoms with Gasteiger partial charge in [0.05, 0.1) is 5.56 Å². The van der Waals surface area contributed by atoms with Crippen molar-refractivity contribution in [1.29, 1.82) is 0 Å². The zero-order valence-electron chi connectivity index (χ0n) is 15.7. The SMILES string of the molecule is CC(=O)Nc1ccc(C(=O)COC(=O)c2cc3c(C)cc(C)cc3[nH]2)c(F)c1. The zero-order chi connectivity index (χ0) is 20.4. The Hall–Kier alpha value is -3.48. The fourth-order valence-electron chi connectivity index (χ4n) is 3.02. The van der Waals surface area contributed by atoms with Crippen molar-refractivity contribution in [3.63, 3.8) is 0 Å². The number of aromatic amines is 1. The number of esters is 1. The van der Waals surface area contributed by atoms with Crippen molar-refractivity contribution in [2.24, 2.45) is 0 Å². The summed E-state index contributed by atoms with van der Waals surface area (Å²) in [5.74, 6) is -2.53. The Labute approximate surface area is 160 Å². The Morgan fingerprint density at radius 1 is 1.11 bits per heavy atom. The summed E-state index contributed by atoms with van der Waals surface area (Å²) in [4.78, 5) is 38.4. The van der Waals surface area contributed by atoms with E-state index in [0.29, 0.717) is 0 Å². The number of amides is 1. The second kappa shape index (κ2) is 7.64. The highest BCUT2D eigenvalue weighted by molar-refractivity contribution is 6.01. The Kier molecular flexibility index (Phi) is 5.26. The number of aromatic nitrogens is 1. The summed E-state index contributed by atoms with van der Waals surface area (Å²) in [5, 5.41) is 3.32. The summed E-state index contributed by atoms with van der Waals surface area (Å²) < 4.78 is 19.1. The van der Waals surface area contributed by atoms with Crippen LogP contribution in [-0.4, -0.2) is 29.3 Å². The van der Waals surface area contributed by atoms with Gasteiger partial charge in [-0.05, 0) is 55.3 Å². The number of hydrogen-bond acceptors (Lipinski definition) is 4. The molecule has 1 aromatic heterocycles. The fraction of sp³-hybridized carbons (Fsp3) is 0.190. The van der Waals surface area contributed by atoms with Crippen molar-refractivity contribution in [2.75, 3.05) is 11.9 Å². The van der Waals surface area contributed by atoms with Gasteiger partial charge in [-0.15, -0.1) is 0 Å². The number of ketones is 1. The molecule has 0 aliphatic rings. The molecule has 0 unspecified atom stereocenters. The Bertz CT molecular complexity index is 1100. The van der Waals surface area contributed by atoms with Gasteiger partial charge in [0.2, 0.25) is 11.7 Å². The molecule has 1 amide bonds. The minimum Gasteiger partial charge on any atom is -0.453 e.